The van der Waals surface area contributed by atoms with Gasteiger partial charge in [0, 0.05) is 33.4 Å². The maximum absolute atomic E-state index is 13.6. The minimum atomic E-state index is -1.66. The first-order valence-electron chi connectivity index (χ1n) is 8.93. The van der Waals surface area contributed by atoms with Crippen molar-refractivity contribution in [2.24, 2.45) is 0 Å². The third-order valence-corrected chi connectivity index (χ3v) is 7.96. The number of benzene rings is 3. The zero-order valence-corrected chi connectivity index (χ0v) is 16.8. The molecule has 5 rings (SSSR count). The van der Waals surface area contributed by atoms with Gasteiger partial charge in [0.15, 0.2) is 25.0 Å². The van der Waals surface area contributed by atoms with Crippen LogP contribution in [0.3, 0.4) is 0 Å². The molecule has 0 bridgehead atoms. The fourth-order valence-electron chi connectivity index (χ4n) is 3.40. The van der Waals surface area contributed by atoms with Crippen molar-refractivity contribution in [1.82, 2.24) is 0 Å². The van der Waals surface area contributed by atoms with Crippen molar-refractivity contribution in [3.8, 4) is 10.6 Å². The molecule has 0 radical (unpaired) electrons. The smallest absolute Gasteiger partial charge is 0.356 e. The van der Waals surface area contributed by atoms with Crippen LogP contribution in [-0.2, 0) is 0 Å². The molecule has 148 valence electrons. The van der Waals surface area contributed by atoms with Gasteiger partial charge in [-0.1, -0.05) is 35.6 Å². The molecular weight excluding hydrogens is 429 g/mol. The van der Waals surface area contributed by atoms with E-state index in [2.05, 4.69) is 24.3 Å². The van der Waals surface area contributed by atoms with Crippen LogP contribution in [0.2, 0.25) is 0 Å². The van der Waals surface area contributed by atoms with E-state index in [1.54, 1.807) is 12.1 Å². The third-order valence-electron chi connectivity index (χ3n) is 4.72. The maximum Gasteiger partial charge on any atom is 0.356 e. The Labute approximate surface area is 175 Å². The molecule has 0 atom stereocenters. The predicted octanol–water partition coefficient (Wildman–Crippen LogP) is 7.43. The second kappa shape index (κ2) is 7.27. The first kappa shape index (κ1) is 18.8. The summed E-state index contributed by atoms with van der Waals surface area (Å²) in [5, 5.41) is 1.02. The van der Waals surface area contributed by atoms with Gasteiger partial charge >= 0.3 is 5.97 Å². The lowest BCUT2D eigenvalue weighted by Gasteiger charge is -2.02. The number of carbonyl (C=O) groups excluding carboxylic acids is 1. The van der Waals surface area contributed by atoms with E-state index < -0.39 is 27.6 Å². The highest BCUT2D eigenvalue weighted by molar-refractivity contribution is 7.50. The summed E-state index contributed by atoms with van der Waals surface area (Å²) >= 11 is 0.0866. The SMILES string of the molecule is O=C(Oc1ccc(-[s+]2c3ccccc3c3ccccc32)cc1)c1sc(F)c(F)c1F. The van der Waals surface area contributed by atoms with Crippen LogP contribution in [-0.4, -0.2) is 5.97 Å². The van der Waals surface area contributed by atoms with Crippen molar-refractivity contribution >= 4 is 47.9 Å². The molecule has 7 heteroatoms. The molecule has 5 aromatic rings. The van der Waals surface area contributed by atoms with Crippen molar-refractivity contribution in [1.29, 1.82) is 0 Å². The second-order valence-electron chi connectivity index (χ2n) is 6.49. The van der Waals surface area contributed by atoms with E-state index in [0.717, 1.165) is 4.90 Å². The van der Waals surface area contributed by atoms with Gasteiger partial charge in [-0.3, -0.25) is 0 Å². The summed E-state index contributed by atoms with van der Waals surface area (Å²) in [6.45, 7) is 0. The van der Waals surface area contributed by atoms with E-state index in [0.29, 0.717) is 0 Å². The van der Waals surface area contributed by atoms with Gasteiger partial charge in [-0.25, -0.2) is 9.18 Å². The lowest BCUT2D eigenvalue weighted by molar-refractivity contribution is 0.0734. The molecule has 0 N–H and O–H groups in total. The summed E-state index contributed by atoms with van der Waals surface area (Å²) in [6, 6.07) is 23.3. The van der Waals surface area contributed by atoms with Crippen LogP contribution in [0.5, 0.6) is 5.75 Å². The van der Waals surface area contributed by atoms with Crippen molar-refractivity contribution in [3.05, 3.63) is 94.4 Å². The Hall–Kier alpha value is -3.16. The van der Waals surface area contributed by atoms with Crippen LogP contribution < -0.4 is 4.74 Å². The lowest BCUT2D eigenvalue weighted by atomic mass is 10.2. The number of fused-ring (bicyclic) bond motifs is 3. The summed E-state index contributed by atoms with van der Waals surface area (Å²) in [5.74, 6) is -4.16. The minimum absolute atomic E-state index is 0.0866. The molecule has 0 unspecified atom stereocenters. The Morgan fingerprint density at radius 3 is 1.87 bits per heavy atom. The second-order valence-corrected chi connectivity index (χ2v) is 9.43. The van der Waals surface area contributed by atoms with Crippen molar-refractivity contribution in [2.45, 2.75) is 0 Å². The zero-order valence-electron chi connectivity index (χ0n) is 15.2. The van der Waals surface area contributed by atoms with Crippen LogP contribution in [0, 0.1) is 16.8 Å². The number of rotatable bonds is 3. The van der Waals surface area contributed by atoms with Crippen LogP contribution >= 0.6 is 21.8 Å². The van der Waals surface area contributed by atoms with Crippen LogP contribution in [0.15, 0.2) is 72.8 Å². The molecule has 3 aromatic carbocycles. The number of esters is 1. The Bertz CT molecular complexity index is 1360. The van der Waals surface area contributed by atoms with E-state index >= 15 is 0 Å². The van der Waals surface area contributed by atoms with Gasteiger partial charge in [-0.05, 0) is 36.4 Å². The Kier molecular flexibility index (Phi) is 4.56. The molecule has 0 aliphatic heterocycles. The summed E-state index contributed by atoms with van der Waals surface area (Å²) in [4.78, 5) is 12.4. The quantitative estimate of drug-likeness (QED) is 0.165. The van der Waals surface area contributed by atoms with Crippen molar-refractivity contribution < 1.29 is 22.7 Å². The van der Waals surface area contributed by atoms with Gasteiger partial charge in [0.05, 0.1) is 0 Å². The van der Waals surface area contributed by atoms with E-state index in [4.69, 9.17) is 4.74 Å². The minimum Gasteiger partial charge on any atom is -0.422 e. The van der Waals surface area contributed by atoms with E-state index in [1.807, 2.05) is 36.4 Å². The predicted molar refractivity (Wildman–Crippen MR) is 114 cm³/mol. The Morgan fingerprint density at radius 1 is 0.767 bits per heavy atom. The Morgan fingerprint density at radius 2 is 1.33 bits per heavy atom. The normalized spacial score (nSPS) is 11.3. The molecule has 2 heterocycles. The summed E-state index contributed by atoms with van der Waals surface area (Å²) < 4.78 is 47.5. The van der Waals surface area contributed by atoms with Gasteiger partial charge in [-0.15, -0.1) is 0 Å². The van der Waals surface area contributed by atoms with E-state index in [-0.39, 0.29) is 27.6 Å². The third kappa shape index (κ3) is 2.98. The highest BCUT2D eigenvalue weighted by Crippen LogP contribution is 2.48. The molecule has 30 heavy (non-hydrogen) atoms. The molecule has 0 fully saturated rings. The highest BCUT2D eigenvalue weighted by atomic mass is 32.2. The van der Waals surface area contributed by atoms with Crippen LogP contribution in [0.4, 0.5) is 13.2 Å². The van der Waals surface area contributed by atoms with Gasteiger partial charge in [0.1, 0.15) is 5.75 Å². The Balaban J connectivity index is 1.51. The van der Waals surface area contributed by atoms with Gasteiger partial charge in [-0.2, -0.15) is 8.78 Å². The molecule has 0 amide bonds. The number of ether oxygens (including phenoxy) is 1. The van der Waals surface area contributed by atoms with Gasteiger partial charge in [0.2, 0.25) is 10.9 Å². The molecule has 0 aliphatic carbocycles. The van der Waals surface area contributed by atoms with E-state index in [1.165, 1.54) is 20.2 Å². The molecular formula is C23H12F3O2S2+. The highest BCUT2D eigenvalue weighted by Gasteiger charge is 2.26. The standard InChI is InChI=1S/C23H12F3O2S2/c24-19-20(25)22(26)29-21(19)23(27)28-13-9-11-14(12-10-13)30-17-7-3-1-5-15(17)16-6-2-4-8-18(16)30/h1-12H/q+1. The summed E-state index contributed by atoms with van der Waals surface area (Å²) in [5.41, 5.74) is 0. The molecule has 0 aliphatic rings. The number of hydrogen-bond acceptors (Lipinski definition) is 3. The first-order chi connectivity index (χ1) is 14.5. The molecule has 2 nitrogen and oxygen atoms in total. The average molecular weight is 441 g/mol. The fraction of sp³-hybridized carbons (Fsp3) is 0. The lowest BCUT2D eigenvalue weighted by Crippen LogP contribution is -2.08. The van der Waals surface area contributed by atoms with Crippen LogP contribution in [0.1, 0.15) is 9.67 Å². The maximum atomic E-state index is 13.6. The number of carbonyl (C=O) groups is 1. The molecule has 2 aromatic heterocycles. The van der Waals surface area contributed by atoms with Gasteiger partial charge in [0.25, 0.3) is 0 Å². The number of halogens is 3. The summed E-state index contributed by atoms with van der Waals surface area (Å²) in [7, 11) is -0.299. The average Bonchev–Trinajstić information content (AvgIpc) is 3.24. The zero-order chi connectivity index (χ0) is 20.8. The molecule has 0 spiro atoms. The van der Waals surface area contributed by atoms with Gasteiger partial charge < -0.3 is 4.74 Å². The van der Waals surface area contributed by atoms with Crippen molar-refractivity contribution in [2.75, 3.05) is 0 Å². The summed E-state index contributed by atoms with van der Waals surface area (Å²) in [6.07, 6.45) is 0. The number of hydrogen-bond donors (Lipinski definition) is 0. The first-order valence-corrected chi connectivity index (χ1v) is 11.0. The largest absolute Gasteiger partial charge is 0.422 e. The topological polar surface area (TPSA) is 26.3 Å². The van der Waals surface area contributed by atoms with E-state index in [9.17, 15) is 18.0 Å². The molecule has 0 saturated heterocycles. The van der Waals surface area contributed by atoms with Crippen LogP contribution in [0.25, 0.3) is 25.1 Å². The monoisotopic (exact) mass is 441 g/mol. The molecule has 0 saturated carbocycles. The van der Waals surface area contributed by atoms with Crippen molar-refractivity contribution in [3.63, 3.8) is 0 Å². The fourth-order valence-corrected chi connectivity index (χ4v) is 6.44. The number of thiophene rings is 2.